The molecule has 31 heavy (non-hydrogen) atoms. The second kappa shape index (κ2) is 7.40. The van der Waals surface area contributed by atoms with Gasteiger partial charge in [0.1, 0.15) is 0 Å². The van der Waals surface area contributed by atoms with Crippen molar-refractivity contribution < 1.29 is 9.47 Å². The third kappa shape index (κ3) is 2.68. The van der Waals surface area contributed by atoms with Crippen LogP contribution in [0.5, 0.6) is 0 Å². The Morgan fingerprint density at radius 3 is 2.23 bits per heavy atom. The molecule has 2 bridgehead atoms. The maximum Gasteiger partial charge on any atom is 0.243 e. The molecule has 6 nitrogen and oxygen atoms in total. The second-order valence-electron chi connectivity index (χ2n) is 7.91. The molecule has 2 aromatic carbocycles. The van der Waals surface area contributed by atoms with Gasteiger partial charge in [0, 0.05) is 10.6 Å². The average Bonchev–Trinajstić information content (AvgIpc) is 2.95. The van der Waals surface area contributed by atoms with Gasteiger partial charge in [-0.2, -0.15) is 15.8 Å². The molecule has 2 aromatic rings. The van der Waals surface area contributed by atoms with Crippen molar-refractivity contribution in [3.8, 4) is 18.2 Å². The molecule has 0 radical (unpaired) electrons. The van der Waals surface area contributed by atoms with Crippen LogP contribution in [-0.2, 0) is 21.7 Å². The summed E-state index contributed by atoms with van der Waals surface area (Å²) in [5, 5.41) is 39.7. The van der Waals surface area contributed by atoms with Gasteiger partial charge in [0.05, 0.1) is 30.2 Å². The third-order valence-electron chi connectivity index (χ3n) is 6.57. The molecule has 2 heterocycles. The van der Waals surface area contributed by atoms with Crippen molar-refractivity contribution in [2.24, 2.45) is 16.7 Å². The molecule has 2 saturated heterocycles. The Kier molecular flexibility index (Phi) is 4.98. The van der Waals surface area contributed by atoms with Crippen LogP contribution in [0.2, 0.25) is 5.02 Å². The standard InChI is InChI=1S/C24H19ClN4O2/c1-16-23(15-28)21(29)31-24(16,18-8-10-19(25)11-9-18)30-20(22(23,13-26)14-27)12-7-17-5-3-2-4-6-17/h2-6,8-11,16,20,29H,7,12H2,1H3. The largest absolute Gasteiger partial charge is 0.443 e. The molecule has 0 aliphatic carbocycles. The van der Waals surface area contributed by atoms with E-state index in [0.717, 1.165) is 5.56 Å². The zero-order valence-corrected chi connectivity index (χ0v) is 17.6. The van der Waals surface area contributed by atoms with Crippen molar-refractivity contribution in [2.75, 3.05) is 0 Å². The van der Waals surface area contributed by atoms with Gasteiger partial charge in [0.2, 0.25) is 11.7 Å². The van der Waals surface area contributed by atoms with E-state index in [2.05, 4.69) is 18.2 Å². The van der Waals surface area contributed by atoms with Gasteiger partial charge in [-0.3, -0.25) is 5.41 Å². The lowest BCUT2D eigenvalue weighted by molar-refractivity contribution is -0.286. The number of aryl methyl sites for hydroxylation is 1. The molecular weight excluding hydrogens is 412 g/mol. The monoisotopic (exact) mass is 430 g/mol. The van der Waals surface area contributed by atoms with Crippen LogP contribution in [0.1, 0.15) is 24.5 Å². The number of nitrogens with one attached hydrogen (secondary N) is 1. The summed E-state index contributed by atoms with van der Waals surface area (Å²) in [6.07, 6.45) is -0.0962. The van der Waals surface area contributed by atoms with E-state index in [1.165, 1.54) is 0 Å². The van der Waals surface area contributed by atoms with Gasteiger partial charge in [-0.05, 0) is 30.5 Å². The van der Waals surface area contributed by atoms with Gasteiger partial charge in [0.15, 0.2) is 10.8 Å². The fourth-order valence-electron chi connectivity index (χ4n) is 4.86. The Hall–Kier alpha value is -3.37. The predicted molar refractivity (Wildman–Crippen MR) is 112 cm³/mol. The first-order valence-electron chi connectivity index (χ1n) is 9.90. The fourth-order valence-corrected chi connectivity index (χ4v) is 4.99. The zero-order chi connectivity index (χ0) is 22.3. The summed E-state index contributed by atoms with van der Waals surface area (Å²) < 4.78 is 12.4. The van der Waals surface area contributed by atoms with Crippen LogP contribution in [0, 0.1) is 56.2 Å². The Bertz CT molecular complexity index is 1130. The highest BCUT2D eigenvalue weighted by Crippen LogP contribution is 2.66. The maximum absolute atomic E-state index is 10.3. The molecule has 0 amide bonds. The minimum atomic E-state index is -1.89. The lowest BCUT2D eigenvalue weighted by atomic mass is 9.53. The van der Waals surface area contributed by atoms with E-state index >= 15 is 0 Å². The number of halogens is 1. The Morgan fingerprint density at radius 1 is 1.00 bits per heavy atom. The van der Waals surface area contributed by atoms with E-state index in [1.54, 1.807) is 31.2 Å². The minimum absolute atomic E-state index is 0.313. The van der Waals surface area contributed by atoms with Gasteiger partial charge >= 0.3 is 0 Å². The molecule has 2 aliphatic heterocycles. The number of benzene rings is 2. The van der Waals surface area contributed by atoms with Gasteiger partial charge < -0.3 is 9.47 Å². The van der Waals surface area contributed by atoms with Crippen molar-refractivity contribution in [3.05, 3.63) is 70.7 Å². The van der Waals surface area contributed by atoms with Crippen LogP contribution in [0.4, 0.5) is 0 Å². The predicted octanol–water partition coefficient (Wildman–Crippen LogP) is 4.71. The highest BCUT2D eigenvalue weighted by atomic mass is 35.5. The number of nitriles is 3. The van der Waals surface area contributed by atoms with Crippen LogP contribution in [0.15, 0.2) is 54.6 Å². The highest BCUT2D eigenvalue weighted by Gasteiger charge is 2.79. The molecule has 1 N–H and O–H groups in total. The van der Waals surface area contributed by atoms with Crippen molar-refractivity contribution in [3.63, 3.8) is 0 Å². The Labute approximate surface area is 185 Å². The number of fused-ring (bicyclic) bond motifs is 2. The van der Waals surface area contributed by atoms with E-state index in [1.807, 2.05) is 30.3 Å². The fraction of sp³-hybridized carbons (Fsp3) is 0.333. The van der Waals surface area contributed by atoms with Crippen LogP contribution in [0.25, 0.3) is 0 Å². The van der Waals surface area contributed by atoms with E-state index in [4.69, 9.17) is 26.5 Å². The van der Waals surface area contributed by atoms with Crippen molar-refractivity contribution in [2.45, 2.75) is 31.7 Å². The summed E-state index contributed by atoms with van der Waals surface area (Å²) in [4.78, 5) is 0. The normalized spacial score (nSPS) is 30.5. The lowest BCUT2D eigenvalue weighted by Crippen LogP contribution is -2.61. The summed E-state index contributed by atoms with van der Waals surface area (Å²) in [5.74, 6) is -2.65. The molecule has 0 aromatic heterocycles. The molecule has 0 spiro atoms. The molecule has 7 heteroatoms. The first kappa shape index (κ1) is 20.9. The van der Waals surface area contributed by atoms with Crippen molar-refractivity contribution in [1.82, 2.24) is 0 Å². The van der Waals surface area contributed by atoms with E-state index in [9.17, 15) is 15.8 Å². The van der Waals surface area contributed by atoms with E-state index in [0.29, 0.717) is 23.4 Å². The smallest absolute Gasteiger partial charge is 0.243 e. The quantitative estimate of drug-likeness (QED) is 0.754. The molecular formula is C24H19ClN4O2. The summed E-state index contributed by atoms with van der Waals surface area (Å²) in [6.45, 7) is 1.69. The molecule has 4 unspecified atom stereocenters. The third-order valence-corrected chi connectivity index (χ3v) is 6.82. The first-order chi connectivity index (χ1) is 14.9. The van der Waals surface area contributed by atoms with Crippen LogP contribution >= 0.6 is 11.6 Å². The average molecular weight is 431 g/mol. The number of hydrogen-bond donors (Lipinski definition) is 1. The van der Waals surface area contributed by atoms with Crippen LogP contribution < -0.4 is 0 Å². The first-order valence-corrected chi connectivity index (χ1v) is 10.3. The van der Waals surface area contributed by atoms with Gasteiger partial charge in [-0.15, -0.1) is 0 Å². The summed E-state index contributed by atoms with van der Waals surface area (Å²) in [6, 6.07) is 22.7. The zero-order valence-electron chi connectivity index (χ0n) is 16.8. The molecule has 2 aliphatic rings. The van der Waals surface area contributed by atoms with E-state index in [-0.39, 0.29) is 0 Å². The topological polar surface area (TPSA) is 114 Å². The number of ether oxygens (including phenoxy) is 2. The molecule has 0 saturated carbocycles. The number of nitrogens with zero attached hydrogens (tertiary/aromatic N) is 3. The molecule has 154 valence electrons. The second-order valence-corrected chi connectivity index (χ2v) is 8.35. The van der Waals surface area contributed by atoms with E-state index < -0.39 is 34.5 Å². The SMILES string of the molecule is CC1C2(c3ccc(Cl)cc3)OC(=N)C1(C#N)C(C#N)(C#N)C(CCc1ccccc1)O2. The van der Waals surface area contributed by atoms with Crippen molar-refractivity contribution >= 4 is 17.5 Å². The number of hydrogen-bond acceptors (Lipinski definition) is 6. The van der Waals surface area contributed by atoms with Gasteiger partial charge in [0.25, 0.3) is 0 Å². The Balaban J connectivity index is 1.86. The summed E-state index contributed by atoms with van der Waals surface area (Å²) in [5.41, 5.74) is -2.06. The molecule has 4 rings (SSSR count). The minimum Gasteiger partial charge on any atom is -0.443 e. The highest BCUT2D eigenvalue weighted by molar-refractivity contribution is 6.30. The van der Waals surface area contributed by atoms with Gasteiger partial charge in [-0.25, -0.2) is 0 Å². The Morgan fingerprint density at radius 2 is 1.65 bits per heavy atom. The summed E-state index contributed by atoms with van der Waals surface area (Å²) in [7, 11) is 0. The van der Waals surface area contributed by atoms with Crippen LogP contribution in [0.3, 0.4) is 0 Å². The molecule has 4 atom stereocenters. The van der Waals surface area contributed by atoms with Crippen molar-refractivity contribution in [1.29, 1.82) is 21.2 Å². The van der Waals surface area contributed by atoms with Crippen LogP contribution in [-0.4, -0.2) is 12.0 Å². The number of rotatable bonds is 4. The lowest BCUT2D eigenvalue weighted by Gasteiger charge is -2.48. The van der Waals surface area contributed by atoms with Gasteiger partial charge in [-0.1, -0.05) is 61.0 Å². The molecule has 2 fully saturated rings. The summed E-state index contributed by atoms with van der Waals surface area (Å²) >= 11 is 6.04. The maximum atomic E-state index is 10.3.